The van der Waals surface area contributed by atoms with Crippen molar-refractivity contribution in [1.29, 1.82) is 0 Å². The first kappa shape index (κ1) is 24.3. The number of rotatable bonds is 3. The van der Waals surface area contributed by atoms with Crippen molar-refractivity contribution in [2.24, 2.45) is 5.92 Å². The Morgan fingerprint density at radius 2 is 1.74 bits per heavy atom. The minimum atomic E-state index is 0.340. The van der Waals surface area contributed by atoms with E-state index in [2.05, 4.69) is 49.0 Å². The molecule has 0 spiro atoms. The number of nitrogens with zero attached hydrogens (tertiary/aromatic N) is 5. The van der Waals surface area contributed by atoms with Gasteiger partial charge in [-0.1, -0.05) is 0 Å². The molecule has 8 nitrogen and oxygen atoms in total. The summed E-state index contributed by atoms with van der Waals surface area (Å²) < 4.78 is 16.3. The Balaban J connectivity index is 1.23. The third kappa shape index (κ3) is 5.36. The predicted molar refractivity (Wildman–Crippen MR) is 153 cm³/mol. The van der Waals surface area contributed by atoms with Crippen LogP contribution in [0, 0.1) is 5.92 Å². The van der Waals surface area contributed by atoms with E-state index in [0.717, 1.165) is 85.6 Å². The maximum Gasteiger partial charge on any atom is 0.250 e. The van der Waals surface area contributed by atoms with Crippen LogP contribution in [0.5, 0.6) is 0 Å². The van der Waals surface area contributed by atoms with Gasteiger partial charge in [0.25, 0.3) is 0 Å². The number of ether oxygens (including phenoxy) is 1. The van der Waals surface area contributed by atoms with E-state index < -0.39 is 0 Å². The van der Waals surface area contributed by atoms with Gasteiger partial charge in [0.1, 0.15) is 5.82 Å². The standard InChI is InChI=1S/C29H36N6O2S/c1-3-20-4-2-16-36-23-10-14-34(15-11-23)26-18-22(33-38-24-6-7-24)5-8-25(26)29-32-31-28(37-29)21-9-12-30-27(17-21)35(13-1)19-20/h5,8-9,12,17-18,20,23-24,33H,1-4,6-7,10-11,13-16,19H2. The highest BCUT2D eigenvalue weighted by atomic mass is 32.2. The number of hydrogen-bond donors (Lipinski definition) is 1. The topological polar surface area (TPSA) is 79.5 Å². The lowest BCUT2D eigenvalue weighted by molar-refractivity contribution is 0.0330. The molecule has 2 aromatic heterocycles. The molecule has 1 N–H and O–H groups in total. The minimum Gasteiger partial charge on any atom is -0.416 e. The molecule has 0 radical (unpaired) electrons. The maximum absolute atomic E-state index is 6.37. The highest BCUT2D eigenvalue weighted by molar-refractivity contribution is 8.01. The van der Waals surface area contributed by atoms with Gasteiger partial charge in [-0.25, -0.2) is 4.98 Å². The Labute approximate surface area is 228 Å². The van der Waals surface area contributed by atoms with Crippen molar-refractivity contribution in [3.8, 4) is 22.9 Å². The van der Waals surface area contributed by atoms with Crippen LogP contribution in [-0.4, -0.2) is 59.3 Å². The van der Waals surface area contributed by atoms with Gasteiger partial charge in [0.2, 0.25) is 11.8 Å². The summed E-state index contributed by atoms with van der Waals surface area (Å²) in [4.78, 5) is 9.58. The zero-order valence-electron chi connectivity index (χ0n) is 21.8. The molecule has 9 heteroatoms. The smallest absolute Gasteiger partial charge is 0.250 e. The number of fused-ring (bicyclic) bond motifs is 5. The fourth-order valence-corrected chi connectivity index (χ4v) is 6.74. The van der Waals surface area contributed by atoms with E-state index in [4.69, 9.17) is 14.1 Å². The molecular formula is C29H36N6O2S. The molecule has 6 heterocycles. The number of benzene rings is 1. The second-order valence-corrected chi connectivity index (χ2v) is 12.2. The van der Waals surface area contributed by atoms with Crippen LogP contribution in [0.4, 0.5) is 17.2 Å². The van der Waals surface area contributed by atoms with Crippen molar-refractivity contribution in [2.75, 3.05) is 47.3 Å². The van der Waals surface area contributed by atoms with Crippen molar-refractivity contribution in [1.82, 2.24) is 15.2 Å². The molecule has 3 fully saturated rings. The summed E-state index contributed by atoms with van der Waals surface area (Å²) in [5.74, 6) is 2.78. The molecule has 38 heavy (non-hydrogen) atoms. The molecule has 0 amide bonds. The minimum absolute atomic E-state index is 0.340. The zero-order chi connectivity index (χ0) is 25.3. The van der Waals surface area contributed by atoms with E-state index >= 15 is 0 Å². The van der Waals surface area contributed by atoms with Gasteiger partial charge in [-0.05, 0) is 99.6 Å². The molecule has 4 aliphatic heterocycles. The van der Waals surface area contributed by atoms with Crippen LogP contribution >= 0.6 is 11.9 Å². The molecule has 3 aromatic rings. The van der Waals surface area contributed by atoms with Crippen molar-refractivity contribution in [2.45, 2.75) is 62.7 Å². The monoisotopic (exact) mass is 532 g/mol. The SMILES string of the molecule is c1cc2cc(n1)N1CCCC(CCCOC3CCN(CC3)c3cc(NSC4CC4)ccc3-c3nnc-2o3)C1. The lowest BCUT2D eigenvalue weighted by Gasteiger charge is -2.35. The molecule has 1 unspecified atom stereocenters. The van der Waals surface area contributed by atoms with Gasteiger partial charge in [-0.2, -0.15) is 0 Å². The van der Waals surface area contributed by atoms with E-state index in [1.165, 1.54) is 32.1 Å². The predicted octanol–water partition coefficient (Wildman–Crippen LogP) is 6.02. The highest BCUT2D eigenvalue weighted by Crippen LogP contribution is 2.39. The van der Waals surface area contributed by atoms with Crippen molar-refractivity contribution >= 4 is 29.1 Å². The van der Waals surface area contributed by atoms with Gasteiger partial charge in [0, 0.05) is 55.5 Å². The number of aromatic nitrogens is 3. The van der Waals surface area contributed by atoms with Gasteiger partial charge < -0.3 is 23.7 Å². The Kier molecular flexibility index (Phi) is 6.88. The lowest BCUT2D eigenvalue weighted by atomic mass is 9.93. The molecule has 1 aromatic carbocycles. The molecule has 2 saturated heterocycles. The normalized spacial score (nSPS) is 23.8. The molecule has 8 bridgehead atoms. The van der Waals surface area contributed by atoms with Gasteiger partial charge in [-0.15, -0.1) is 10.2 Å². The first-order chi connectivity index (χ1) is 18.8. The van der Waals surface area contributed by atoms with Gasteiger partial charge in [-0.3, -0.25) is 0 Å². The maximum atomic E-state index is 6.37. The largest absolute Gasteiger partial charge is 0.416 e. The number of anilines is 3. The average molecular weight is 533 g/mol. The Hall–Kier alpha value is -2.78. The molecule has 1 saturated carbocycles. The summed E-state index contributed by atoms with van der Waals surface area (Å²) in [5, 5.41) is 9.72. The average Bonchev–Trinajstić information content (AvgIpc) is 3.68. The van der Waals surface area contributed by atoms with E-state index in [9.17, 15) is 0 Å². The zero-order valence-corrected chi connectivity index (χ0v) is 22.7. The number of piperidine rings is 2. The summed E-state index contributed by atoms with van der Waals surface area (Å²) in [6, 6.07) is 10.6. The number of hydrogen-bond acceptors (Lipinski definition) is 9. The number of pyridine rings is 1. The molecule has 200 valence electrons. The van der Waals surface area contributed by atoms with Crippen LogP contribution in [0.15, 0.2) is 40.9 Å². The second kappa shape index (κ2) is 10.8. The van der Waals surface area contributed by atoms with Crippen LogP contribution in [0.25, 0.3) is 22.9 Å². The van der Waals surface area contributed by atoms with E-state index in [-0.39, 0.29) is 0 Å². The van der Waals surface area contributed by atoms with E-state index in [0.29, 0.717) is 23.8 Å². The molecule has 1 atom stereocenters. The van der Waals surface area contributed by atoms with Crippen molar-refractivity contribution < 1.29 is 9.15 Å². The summed E-state index contributed by atoms with van der Waals surface area (Å²) in [5.41, 5.74) is 4.17. The Bertz CT molecular complexity index is 1260. The van der Waals surface area contributed by atoms with Crippen molar-refractivity contribution in [3.05, 3.63) is 36.5 Å². The fraction of sp³-hybridized carbons (Fsp3) is 0.552. The summed E-state index contributed by atoms with van der Waals surface area (Å²) in [7, 11) is 0. The highest BCUT2D eigenvalue weighted by Gasteiger charge is 2.27. The molecule has 5 aliphatic rings. The quantitative estimate of drug-likeness (QED) is 0.408. The second-order valence-electron chi connectivity index (χ2n) is 11.1. The first-order valence-corrected chi connectivity index (χ1v) is 15.1. The van der Waals surface area contributed by atoms with Gasteiger partial charge in [0.05, 0.1) is 17.4 Å². The molecular weight excluding hydrogens is 496 g/mol. The Morgan fingerprint density at radius 1 is 0.868 bits per heavy atom. The third-order valence-corrected chi connectivity index (χ3v) is 9.41. The fourth-order valence-electron chi connectivity index (χ4n) is 5.94. The van der Waals surface area contributed by atoms with E-state index in [1.54, 1.807) is 0 Å². The van der Waals surface area contributed by atoms with E-state index in [1.807, 2.05) is 24.2 Å². The van der Waals surface area contributed by atoms with Crippen molar-refractivity contribution in [3.63, 3.8) is 0 Å². The van der Waals surface area contributed by atoms with Crippen LogP contribution in [0.2, 0.25) is 0 Å². The molecule has 1 aliphatic carbocycles. The van der Waals surface area contributed by atoms with Crippen LogP contribution < -0.4 is 14.5 Å². The number of nitrogens with one attached hydrogen (secondary N) is 1. The lowest BCUT2D eigenvalue weighted by Crippen LogP contribution is -2.37. The first-order valence-electron chi connectivity index (χ1n) is 14.3. The Morgan fingerprint density at radius 3 is 2.63 bits per heavy atom. The van der Waals surface area contributed by atoms with Crippen LogP contribution in [0.1, 0.15) is 51.4 Å². The van der Waals surface area contributed by atoms with Crippen LogP contribution in [0.3, 0.4) is 0 Å². The summed E-state index contributed by atoms with van der Waals surface area (Å²) in [6.45, 7) is 4.88. The van der Waals surface area contributed by atoms with Crippen LogP contribution in [-0.2, 0) is 4.74 Å². The van der Waals surface area contributed by atoms with Gasteiger partial charge >= 0.3 is 0 Å². The molecule has 8 rings (SSSR count). The van der Waals surface area contributed by atoms with Gasteiger partial charge in [0.15, 0.2) is 0 Å². The summed E-state index contributed by atoms with van der Waals surface area (Å²) in [6.07, 6.45) is 11.7. The third-order valence-electron chi connectivity index (χ3n) is 8.25. The summed E-state index contributed by atoms with van der Waals surface area (Å²) >= 11 is 1.83.